The molecule has 0 spiro atoms. The van der Waals surface area contributed by atoms with Crippen LogP contribution in [0, 0.1) is 5.41 Å². The van der Waals surface area contributed by atoms with Crippen molar-refractivity contribution in [2.45, 2.75) is 59.5 Å². The Morgan fingerprint density at radius 1 is 0.958 bits per heavy atom. The molecule has 0 amide bonds. The minimum Gasteiger partial charge on any atom is -0.493 e. The molecule has 0 bridgehead atoms. The number of nitrogens with one attached hydrogen (secondary N) is 1. The lowest BCUT2D eigenvalue weighted by atomic mass is 10.00. The summed E-state index contributed by atoms with van der Waals surface area (Å²) in [5.41, 5.74) is 0.981. The summed E-state index contributed by atoms with van der Waals surface area (Å²) in [6.45, 7) is 11.4. The summed E-state index contributed by atoms with van der Waals surface area (Å²) in [6.07, 6.45) is 2.06. The first kappa shape index (κ1) is 18.3. The molecule has 0 heterocycles. The molecule has 0 saturated carbocycles. The van der Waals surface area contributed by atoms with Gasteiger partial charge >= 0.3 is 0 Å². The van der Waals surface area contributed by atoms with Crippen LogP contribution in [0.3, 0.4) is 0 Å². The average Bonchev–Trinajstić information content (AvgIpc) is 2.61. The zero-order valence-electron chi connectivity index (χ0n) is 15.6. The van der Waals surface area contributed by atoms with Crippen molar-refractivity contribution < 1.29 is 4.74 Å². The van der Waals surface area contributed by atoms with E-state index in [0.29, 0.717) is 24.5 Å². The molecule has 0 aliphatic rings. The topological polar surface area (TPSA) is 36.3 Å². The Kier molecular flexibility index (Phi) is 6.24. The van der Waals surface area contributed by atoms with Gasteiger partial charge in [0.05, 0.1) is 6.61 Å². The van der Waals surface area contributed by atoms with Gasteiger partial charge in [-0.3, -0.25) is 5.41 Å². The molecule has 0 fully saturated rings. The number of nitrogens with zero attached hydrogens (tertiary/aromatic N) is 1. The van der Waals surface area contributed by atoms with Crippen molar-refractivity contribution in [3.63, 3.8) is 0 Å². The van der Waals surface area contributed by atoms with Crippen LogP contribution in [0.4, 0.5) is 0 Å². The molecule has 24 heavy (non-hydrogen) atoms. The lowest BCUT2D eigenvalue weighted by Gasteiger charge is -2.36. The van der Waals surface area contributed by atoms with Crippen LogP contribution >= 0.6 is 0 Å². The van der Waals surface area contributed by atoms with E-state index in [2.05, 4.69) is 44.7 Å². The first-order valence-electron chi connectivity index (χ1n) is 9.06. The Hall–Kier alpha value is -2.03. The fraction of sp³-hybridized carbons (Fsp3) is 0.476. The van der Waals surface area contributed by atoms with Crippen molar-refractivity contribution >= 4 is 16.6 Å². The molecule has 0 aliphatic carbocycles. The summed E-state index contributed by atoms with van der Waals surface area (Å²) in [4.78, 5) is 2.25. The Bertz CT molecular complexity index is 685. The Labute approximate surface area is 146 Å². The molecule has 3 heteroatoms. The van der Waals surface area contributed by atoms with Crippen LogP contribution in [-0.2, 0) is 0 Å². The molecule has 130 valence electrons. The number of hydrogen-bond donors (Lipinski definition) is 1. The van der Waals surface area contributed by atoms with Gasteiger partial charge in [-0.2, -0.15) is 0 Å². The lowest BCUT2D eigenvalue weighted by molar-refractivity contribution is 0.250. The molecular formula is C21H30N2O. The maximum atomic E-state index is 8.89. The van der Waals surface area contributed by atoms with Gasteiger partial charge < -0.3 is 9.64 Å². The highest BCUT2D eigenvalue weighted by molar-refractivity contribution is 6.09. The minimum atomic E-state index is 0.345. The van der Waals surface area contributed by atoms with Crippen molar-refractivity contribution in [3.8, 4) is 5.75 Å². The van der Waals surface area contributed by atoms with Crippen LogP contribution in [-0.4, -0.2) is 29.4 Å². The molecule has 2 rings (SSSR count). The zero-order valence-corrected chi connectivity index (χ0v) is 15.6. The second kappa shape index (κ2) is 8.18. The first-order chi connectivity index (χ1) is 11.5. The smallest absolute Gasteiger partial charge is 0.129 e. The number of ether oxygens (including phenoxy) is 1. The predicted octanol–water partition coefficient (Wildman–Crippen LogP) is 5.46. The molecular weight excluding hydrogens is 296 g/mol. The van der Waals surface area contributed by atoms with E-state index in [0.717, 1.165) is 34.9 Å². The average molecular weight is 326 g/mol. The van der Waals surface area contributed by atoms with Crippen molar-refractivity contribution in [2.24, 2.45) is 0 Å². The maximum absolute atomic E-state index is 8.89. The van der Waals surface area contributed by atoms with E-state index >= 15 is 0 Å². The monoisotopic (exact) mass is 326 g/mol. The summed E-state index contributed by atoms with van der Waals surface area (Å²) in [6, 6.07) is 13.0. The highest BCUT2D eigenvalue weighted by Crippen LogP contribution is 2.30. The Morgan fingerprint density at radius 3 is 2.08 bits per heavy atom. The van der Waals surface area contributed by atoms with Gasteiger partial charge in [0, 0.05) is 23.0 Å². The number of benzene rings is 2. The van der Waals surface area contributed by atoms with Crippen molar-refractivity contribution in [1.29, 1.82) is 5.41 Å². The van der Waals surface area contributed by atoms with E-state index in [4.69, 9.17) is 10.1 Å². The third kappa shape index (κ3) is 3.55. The molecule has 2 aromatic carbocycles. The highest BCUT2D eigenvalue weighted by atomic mass is 16.5. The Balaban J connectivity index is 2.54. The van der Waals surface area contributed by atoms with Gasteiger partial charge in [-0.25, -0.2) is 0 Å². The van der Waals surface area contributed by atoms with Gasteiger partial charge in [-0.05, 0) is 51.1 Å². The molecule has 2 unspecified atom stereocenters. The molecule has 3 nitrogen and oxygen atoms in total. The summed E-state index contributed by atoms with van der Waals surface area (Å²) < 4.78 is 5.77. The third-order valence-electron chi connectivity index (χ3n) is 4.83. The summed E-state index contributed by atoms with van der Waals surface area (Å²) in [5, 5.41) is 11.1. The molecule has 0 saturated heterocycles. The fourth-order valence-electron chi connectivity index (χ4n) is 3.17. The summed E-state index contributed by atoms with van der Waals surface area (Å²) >= 11 is 0. The van der Waals surface area contributed by atoms with Crippen LogP contribution in [0.15, 0.2) is 36.4 Å². The standard InChI is InChI=1S/C21H30N2O/c1-6-15(4)23(16(5)7-2)21(22)19-13-14-20(24-8-3)18-12-10-9-11-17(18)19/h9-16,22H,6-8H2,1-5H3. The van der Waals surface area contributed by atoms with Gasteiger partial charge in [0.2, 0.25) is 0 Å². The van der Waals surface area contributed by atoms with Gasteiger partial charge in [0.25, 0.3) is 0 Å². The van der Waals surface area contributed by atoms with E-state index in [1.54, 1.807) is 0 Å². The van der Waals surface area contributed by atoms with E-state index in [-0.39, 0.29) is 0 Å². The minimum absolute atomic E-state index is 0.345. The fourth-order valence-corrected chi connectivity index (χ4v) is 3.17. The second-order valence-corrected chi connectivity index (χ2v) is 6.36. The molecule has 1 N–H and O–H groups in total. The number of fused-ring (bicyclic) bond motifs is 1. The van der Waals surface area contributed by atoms with E-state index in [9.17, 15) is 0 Å². The largest absolute Gasteiger partial charge is 0.493 e. The van der Waals surface area contributed by atoms with E-state index in [1.165, 1.54) is 0 Å². The highest BCUT2D eigenvalue weighted by Gasteiger charge is 2.23. The number of rotatable bonds is 7. The molecule has 2 aromatic rings. The van der Waals surface area contributed by atoms with Crippen LogP contribution < -0.4 is 4.74 Å². The molecule has 0 aliphatic heterocycles. The second-order valence-electron chi connectivity index (χ2n) is 6.36. The quantitative estimate of drug-likeness (QED) is 0.541. The van der Waals surface area contributed by atoms with Crippen LogP contribution in [0.5, 0.6) is 5.75 Å². The van der Waals surface area contributed by atoms with Crippen LogP contribution in [0.1, 0.15) is 53.0 Å². The molecule has 0 radical (unpaired) electrons. The van der Waals surface area contributed by atoms with Crippen LogP contribution in [0.2, 0.25) is 0 Å². The SMILES string of the molecule is CCOc1ccc(C(=N)N(C(C)CC)C(C)CC)c2ccccc12. The van der Waals surface area contributed by atoms with Crippen LogP contribution in [0.25, 0.3) is 10.8 Å². The molecule has 2 atom stereocenters. The normalized spacial score (nSPS) is 13.5. The number of amidine groups is 1. The Morgan fingerprint density at radius 2 is 1.54 bits per heavy atom. The molecule has 0 aromatic heterocycles. The van der Waals surface area contributed by atoms with Gasteiger partial charge in [-0.1, -0.05) is 38.1 Å². The lowest BCUT2D eigenvalue weighted by Crippen LogP contribution is -2.44. The van der Waals surface area contributed by atoms with Gasteiger partial charge in [0.1, 0.15) is 11.6 Å². The van der Waals surface area contributed by atoms with Crippen molar-refractivity contribution in [3.05, 3.63) is 42.0 Å². The van der Waals surface area contributed by atoms with E-state index < -0.39 is 0 Å². The first-order valence-corrected chi connectivity index (χ1v) is 9.06. The van der Waals surface area contributed by atoms with Gasteiger partial charge in [-0.15, -0.1) is 0 Å². The number of hydrogen-bond acceptors (Lipinski definition) is 2. The summed E-state index contributed by atoms with van der Waals surface area (Å²) in [5.74, 6) is 1.50. The third-order valence-corrected chi connectivity index (χ3v) is 4.83. The van der Waals surface area contributed by atoms with E-state index in [1.807, 2.05) is 31.2 Å². The predicted molar refractivity (Wildman–Crippen MR) is 103 cm³/mol. The van der Waals surface area contributed by atoms with Crippen molar-refractivity contribution in [1.82, 2.24) is 4.90 Å². The maximum Gasteiger partial charge on any atom is 0.129 e. The van der Waals surface area contributed by atoms with Gasteiger partial charge in [0.15, 0.2) is 0 Å². The summed E-state index contributed by atoms with van der Waals surface area (Å²) in [7, 11) is 0. The zero-order chi connectivity index (χ0) is 17.7. The van der Waals surface area contributed by atoms with Crippen molar-refractivity contribution in [2.75, 3.05) is 6.61 Å².